The third kappa shape index (κ3) is 1.11. The van der Waals surface area contributed by atoms with Crippen LogP contribution >= 0.6 is 22.6 Å². The minimum atomic E-state index is 0.0655. The standard InChI is InChI=1S/C9H10INO/c1-5-7(10)3-2-6-8(11)4-12-9(5)6/h2-3,8H,4,11H2,1H3/t8-/m0/s1. The second-order valence-electron chi connectivity index (χ2n) is 3.01. The fourth-order valence-corrected chi connectivity index (χ4v) is 1.86. The Morgan fingerprint density at radius 3 is 3.08 bits per heavy atom. The van der Waals surface area contributed by atoms with Crippen LogP contribution in [0.1, 0.15) is 17.2 Å². The Bertz CT molecular complexity index is 325. The Kier molecular flexibility index (Phi) is 2.00. The molecule has 2 N–H and O–H groups in total. The van der Waals surface area contributed by atoms with E-state index in [2.05, 4.69) is 41.6 Å². The fraction of sp³-hybridized carbons (Fsp3) is 0.333. The molecule has 0 bridgehead atoms. The molecule has 3 heteroatoms. The molecule has 0 amide bonds. The van der Waals surface area contributed by atoms with E-state index in [-0.39, 0.29) is 6.04 Å². The van der Waals surface area contributed by atoms with E-state index in [1.807, 2.05) is 0 Å². The third-order valence-corrected chi connectivity index (χ3v) is 3.35. The van der Waals surface area contributed by atoms with Crippen LogP contribution < -0.4 is 10.5 Å². The summed E-state index contributed by atoms with van der Waals surface area (Å²) in [7, 11) is 0. The summed E-state index contributed by atoms with van der Waals surface area (Å²) in [6, 6.07) is 4.21. The Labute approximate surface area is 85.2 Å². The molecule has 0 unspecified atom stereocenters. The highest BCUT2D eigenvalue weighted by molar-refractivity contribution is 14.1. The number of nitrogens with two attached hydrogens (primary N) is 1. The summed E-state index contributed by atoms with van der Waals surface area (Å²) < 4.78 is 6.73. The average Bonchev–Trinajstić information content (AvgIpc) is 2.41. The lowest BCUT2D eigenvalue weighted by Gasteiger charge is -2.05. The third-order valence-electron chi connectivity index (χ3n) is 2.18. The van der Waals surface area contributed by atoms with E-state index in [0.717, 1.165) is 11.3 Å². The van der Waals surface area contributed by atoms with Crippen LogP contribution in [-0.2, 0) is 0 Å². The number of hydrogen-bond donors (Lipinski definition) is 1. The molecule has 1 aliphatic heterocycles. The highest BCUT2D eigenvalue weighted by Crippen LogP contribution is 2.35. The summed E-state index contributed by atoms with van der Waals surface area (Å²) in [6.07, 6.45) is 0. The lowest BCUT2D eigenvalue weighted by Crippen LogP contribution is -2.10. The Balaban J connectivity index is 2.60. The van der Waals surface area contributed by atoms with Crippen molar-refractivity contribution in [2.75, 3.05) is 6.61 Å². The maximum atomic E-state index is 5.84. The molecule has 1 aliphatic rings. The molecule has 0 saturated heterocycles. The first-order valence-corrected chi connectivity index (χ1v) is 4.95. The predicted octanol–water partition coefficient (Wildman–Crippen LogP) is 1.99. The average molecular weight is 275 g/mol. The molecular weight excluding hydrogens is 265 g/mol. The van der Waals surface area contributed by atoms with Gasteiger partial charge >= 0.3 is 0 Å². The van der Waals surface area contributed by atoms with E-state index in [1.165, 1.54) is 9.13 Å². The zero-order chi connectivity index (χ0) is 8.72. The summed E-state index contributed by atoms with van der Waals surface area (Å²) in [5.41, 5.74) is 8.19. The molecule has 2 nitrogen and oxygen atoms in total. The van der Waals surface area contributed by atoms with Crippen molar-refractivity contribution in [2.45, 2.75) is 13.0 Å². The molecule has 0 spiro atoms. The summed E-state index contributed by atoms with van der Waals surface area (Å²) in [5.74, 6) is 0.995. The molecule has 1 heterocycles. The first kappa shape index (κ1) is 8.31. The van der Waals surface area contributed by atoms with Crippen LogP contribution in [0.15, 0.2) is 12.1 Å². The first-order valence-electron chi connectivity index (χ1n) is 3.87. The van der Waals surface area contributed by atoms with Gasteiger partial charge in [0.15, 0.2) is 0 Å². The van der Waals surface area contributed by atoms with Gasteiger partial charge in [-0.25, -0.2) is 0 Å². The van der Waals surface area contributed by atoms with Crippen molar-refractivity contribution < 1.29 is 4.74 Å². The summed E-state index contributed by atoms with van der Waals surface area (Å²) in [6.45, 7) is 2.69. The summed E-state index contributed by atoms with van der Waals surface area (Å²) in [5, 5.41) is 0. The van der Waals surface area contributed by atoms with Crippen LogP contribution in [0.4, 0.5) is 0 Å². The van der Waals surface area contributed by atoms with Gasteiger partial charge in [0.2, 0.25) is 0 Å². The van der Waals surface area contributed by atoms with Gasteiger partial charge in [-0.2, -0.15) is 0 Å². The van der Waals surface area contributed by atoms with Crippen LogP contribution in [0.25, 0.3) is 0 Å². The van der Waals surface area contributed by atoms with Crippen LogP contribution in [0, 0.1) is 10.5 Å². The molecule has 0 aromatic heterocycles. The van der Waals surface area contributed by atoms with E-state index in [4.69, 9.17) is 10.5 Å². The highest BCUT2D eigenvalue weighted by atomic mass is 127. The second kappa shape index (κ2) is 2.88. The van der Waals surface area contributed by atoms with Crippen molar-refractivity contribution in [3.8, 4) is 5.75 Å². The van der Waals surface area contributed by atoms with Gasteiger partial charge in [0.05, 0.1) is 6.04 Å². The maximum absolute atomic E-state index is 5.84. The monoisotopic (exact) mass is 275 g/mol. The van der Waals surface area contributed by atoms with Crippen molar-refractivity contribution in [1.82, 2.24) is 0 Å². The zero-order valence-corrected chi connectivity index (χ0v) is 8.96. The van der Waals surface area contributed by atoms with Crippen molar-refractivity contribution in [1.29, 1.82) is 0 Å². The lowest BCUT2D eigenvalue weighted by atomic mass is 10.1. The van der Waals surface area contributed by atoms with Crippen molar-refractivity contribution >= 4 is 22.6 Å². The fourth-order valence-electron chi connectivity index (χ4n) is 1.44. The second-order valence-corrected chi connectivity index (χ2v) is 4.17. The molecule has 0 aliphatic carbocycles. The lowest BCUT2D eigenvalue weighted by molar-refractivity contribution is 0.331. The van der Waals surface area contributed by atoms with Crippen LogP contribution in [-0.4, -0.2) is 6.61 Å². The number of fused-ring (bicyclic) bond motifs is 1. The zero-order valence-electron chi connectivity index (χ0n) is 6.80. The quantitative estimate of drug-likeness (QED) is 0.735. The molecule has 0 fully saturated rings. The molecule has 1 atom stereocenters. The minimum absolute atomic E-state index is 0.0655. The topological polar surface area (TPSA) is 35.2 Å². The van der Waals surface area contributed by atoms with Gasteiger partial charge in [-0.3, -0.25) is 0 Å². The van der Waals surface area contributed by atoms with Gasteiger partial charge in [0.25, 0.3) is 0 Å². The van der Waals surface area contributed by atoms with E-state index in [9.17, 15) is 0 Å². The number of rotatable bonds is 0. The van der Waals surface area contributed by atoms with Gasteiger partial charge < -0.3 is 10.5 Å². The van der Waals surface area contributed by atoms with E-state index >= 15 is 0 Å². The smallest absolute Gasteiger partial charge is 0.128 e. The van der Waals surface area contributed by atoms with Crippen LogP contribution in [0.3, 0.4) is 0 Å². The number of hydrogen-bond acceptors (Lipinski definition) is 2. The number of halogens is 1. The Morgan fingerprint density at radius 1 is 1.58 bits per heavy atom. The molecular formula is C9H10INO. The number of benzene rings is 1. The van der Waals surface area contributed by atoms with Gasteiger partial charge in [0, 0.05) is 14.7 Å². The molecule has 1 aromatic rings. The molecule has 64 valence electrons. The Hall–Kier alpha value is -0.290. The van der Waals surface area contributed by atoms with E-state index in [1.54, 1.807) is 0 Å². The van der Waals surface area contributed by atoms with Crippen LogP contribution in [0.2, 0.25) is 0 Å². The summed E-state index contributed by atoms with van der Waals surface area (Å²) in [4.78, 5) is 0. The van der Waals surface area contributed by atoms with Crippen molar-refractivity contribution in [2.24, 2.45) is 5.73 Å². The minimum Gasteiger partial charge on any atom is -0.491 e. The SMILES string of the molecule is Cc1c(I)ccc2c1OC[C@@H]2N. The van der Waals surface area contributed by atoms with E-state index < -0.39 is 0 Å². The van der Waals surface area contributed by atoms with Crippen LogP contribution in [0.5, 0.6) is 5.75 Å². The molecule has 0 radical (unpaired) electrons. The predicted molar refractivity (Wildman–Crippen MR) is 56.3 cm³/mol. The van der Waals surface area contributed by atoms with Gasteiger partial charge in [-0.05, 0) is 35.6 Å². The summed E-state index contributed by atoms with van der Waals surface area (Å²) >= 11 is 2.30. The van der Waals surface area contributed by atoms with Crippen molar-refractivity contribution in [3.63, 3.8) is 0 Å². The molecule has 2 rings (SSSR count). The normalized spacial score (nSPS) is 20.4. The van der Waals surface area contributed by atoms with Gasteiger partial charge in [-0.15, -0.1) is 0 Å². The van der Waals surface area contributed by atoms with E-state index in [0.29, 0.717) is 6.61 Å². The molecule has 1 aromatic carbocycles. The first-order chi connectivity index (χ1) is 5.70. The molecule has 0 saturated carbocycles. The highest BCUT2D eigenvalue weighted by Gasteiger charge is 2.22. The van der Waals surface area contributed by atoms with Gasteiger partial charge in [0.1, 0.15) is 12.4 Å². The Morgan fingerprint density at radius 2 is 2.33 bits per heavy atom. The molecule has 12 heavy (non-hydrogen) atoms. The largest absolute Gasteiger partial charge is 0.491 e. The van der Waals surface area contributed by atoms with Crippen molar-refractivity contribution in [3.05, 3.63) is 26.8 Å². The van der Waals surface area contributed by atoms with Gasteiger partial charge in [-0.1, -0.05) is 6.07 Å². The maximum Gasteiger partial charge on any atom is 0.128 e. The number of ether oxygens (including phenoxy) is 1.